The Bertz CT molecular complexity index is 1010. The first kappa shape index (κ1) is 26.4. The van der Waals surface area contributed by atoms with E-state index < -0.39 is 35.1 Å². The van der Waals surface area contributed by atoms with Gasteiger partial charge in [-0.1, -0.05) is 13.8 Å². The van der Waals surface area contributed by atoms with Crippen molar-refractivity contribution >= 4 is 29.1 Å². The van der Waals surface area contributed by atoms with Gasteiger partial charge in [-0.3, -0.25) is 14.4 Å². The van der Waals surface area contributed by atoms with Crippen LogP contribution in [0.2, 0.25) is 0 Å². The molecule has 3 amide bonds. The molecule has 3 saturated heterocycles. The molecular formula is C27H40N4O5. The van der Waals surface area contributed by atoms with Crippen molar-refractivity contribution in [3.63, 3.8) is 0 Å². The van der Waals surface area contributed by atoms with Crippen LogP contribution in [0.5, 0.6) is 0 Å². The van der Waals surface area contributed by atoms with Crippen LogP contribution in [0.25, 0.3) is 0 Å². The molecule has 3 heterocycles. The van der Waals surface area contributed by atoms with Gasteiger partial charge in [0.1, 0.15) is 11.6 Å². The van der Waals surface area contributed by atoms with Crippen molar-refractivity contribution < 1.29 is 24.2 Å². The van der Waals surface area contributed by atoms with E-state index >= 15 is 0 Å². The molecule has 0 saturated carbocycles. The summed E-state index contributed by atoms with van der Waals surface area (Å²) in [5, 5.41) is 15.9. The Balaban J connectivity index is 1.71. The summed E-state index contributed by atoms with van der Waals surface area (Å²) in [6, 6.07) is 6.12. The lowest BCUT2D eigenvalue weighted by molar-refractivity contribution is -0.149. The van der Waals surface area contributed by atoms with Crippen molar-refractivity contribution in [2.45, 2.75) is 70.7 Å². The number of fused-ring (bicyclic) bond motifs is 1. The highest BCUT2D eigenvalue weighted by atomic mass is 16.5. The van der Waals surface area contributed by atoms with Gasteiger partial charge in [0.05, 0.1) is 30.1 Å². The summed E-state index contributed by atoms with van der Waals surface area (Å²) in [4.78, 5) is 44.6. The number of anilines is 2. The van der Waals surface area contributed by atoms with Gasteiger partial charge >= 0.3 is 0 Å². The SMILES string of the molecule is CCN(CC)c1ccc(NC(=O)C2N([C@@H](CO)C(C)C)C(=O)[C@@H]3[C@@H](C(=O)NC)[C@@]4(C)CCC23O4)cc1. The van der Waals surface area contributed by atoms with Crippen molar-refractivity contribution in [2.24, 2.45) is 17.8 Å². The smallest absolute Gasteiger partial charge is 0.250 e. The topological polar surface area (TPSA) is 111 Å². The minimum atomic E-state index is -1.11. The number of aliphatic hydroxyl groups is 1. The Hall–Kier alpha value is -2.65. The highest BCUT2D eigenvalue weighted by Gasteiger charge is 2.78. The Morgan fingerprint density at radius 1 is 1.17 bits per heavy atom. The number of hydrogen-bond acceptors (Lipinski definition) is 6. The number of nitrogens with one attached hydrogen (secondary N) is 2. The summed E-state index contributed by atoms with van der Waals surface area (Å²) >= 11 is 0. The molecule has 1 spiro atoms. The molecule has 36 heavy (non-hydrogen) atoms. The number of carbonyl (C=O) groups is 3. The Morgan fingerprint density at radius 2 is 1.81 bits per heavy atom. The summed E-state index contributed by atoms with van der Waals surface area (Å²) in [5.74, 6) is -2.47. The number of rotatable bonds is 9. The summed E-state index contributed by atoms with van der Waals surface area (Å²) in [6.45, 7) is 11.4. The number of ether oxygens (including phenoxy) is 1. The van der Waals surface area contributed by atoms with Gasteiger partial charge in [0.2, 0.25) is 17.7 Å². The molecule has 198 valence electrons. The Kier molecular flexibility index (Phi) is 7.09. The van der Waals surface area contributed by atoms with E-state index in [1.807, 2.05) is 45.0 Å². The Labute approximate surface area is 213 Å². The molecule has 3 fully saturated rings. The summed E-state index contributed by atoms with van der Waals surface area (Å²) in [5.41, 5.74) is -0.247. The normalized spacial score (nSPS) is 31.5. The van der Waals surface area contributed by atoms with E-state index in [0.29, 0.717) is 18.5 Å². The average molecular weight is 501 g/mol. The maximum Gasteiger partial charge on any atom is 0.250 e. The van der Waals surface area contributed by atoms with Gasteiger partial charge in [-0.25, -0.2) is 0 Å². The quantitative estimate of drug-likeness (QED) is 0.478. The Morgan fingerprint density at radius 3 is 2.33 bits per heavy atom. The molecule has 3 N–H and O–H groups in total. The molecule has 2 unspecified atom stereocenters. The van der Waals surface area contributed by atoms with E-state index in [2.05, 4.69) is 29.4 Å². The van der Waals surface area contributed by atoms with Crippen LogP contribution < -0.4 is 15.5 Å². The number of aliphatic hydroxyl groups excluding tert-OH is 1. The van der Waals surface area contributed by atoms with Crippen LogP contribution in [0, 0.1) is 17.8 Å². The first-order chi connectivity index (χ1) is 17.1. The number of benzene rings is 1. The van der Waals surface area contributed by atoms with Crippen LogP contribution in [0.1, 0.15) is 47.5 Å². The van der Waals surface area contributed by atoms with Crippen molar-refractivity contribution in [2.75, 3.05) is 37.0 Å². The van der Waals surface area contributed by atoms with E-state index in [0.717, 1.165) is 18.8 Å². The van der Waals surface area contributed by atoms with Crippen molar-refractivity contribution in [3.05, 3.63) is 24.3 Å². The number of carbonyl (C=O) groups excluding carboxylic acids is 3. The lowest BCUT2D eigenvalue weighted by Gasteiger charge is -2.38. The highest BCUT2D eigenvalue weighted by molar-refractivity contribution is 6.04. The zero-order chi connectivity index (χ0) is 26.4. The standard InChI is InChI=1S/C27H40N4O5/c1-7-30(8-2)18-11-9-17(10-12-18)29-24(34)22-27-14-13-26(5,36-27)20(23(33)28-6)21(27)25(35)31(22)19(15-32)16(3)4/h9-12,16,19-22,32H,7-8,13-15H2,1-6H3,(H,28,33)(H,29,34)/t19-,20-,21-,22?,26+,27?/m0/s1. The lowest BCUT2D eigenvalue weighted by atomic mass is 9.66. The van der Waals surface area contributed by atoms with Gasteiger partial charge in [0, 0.05) is 31.5 Å². The van der Waals surface area contributed by atoms with Crippen LogP contribution >= 0.6 is 0 Å². The molecule has 2 bridgehead atoms. The molecule has 9 nitrogen and oxygen atoms in total. The van der Waals surface area contributed by atoms with Crippen LogP contribution in [-0.2, 0) is 19.1 Å². The molecule has 9 heteroatoms. The number of nitrogens with zero attached hydrogens (tertiary/aromatic N) is 2. The minimum Gasteiger partial charge on any atom is -0.394 e. The maximum atomic E-state index is 14.0. The average Bonchev–Trinajstić information content (AvgIpc) is 3.42. The van der Waals surface area contributed by atoms with Gasteiger partial charge in [0.25, 0.3) is 0 Å². The first-order valence-corrected chi connectivity index (χ1v) is 13.1. The number of likely N-dealkylation sites (tertiary alicyclic amines) is 1. The third kappa shape index (κ3) is 3.87. The third-order valence-corrected chi connectivity index (χ3v) is 8.57. The van der Waals surface area contributed by atoms with Crippen LogP contribution in [-0.4, -0.2) is 77.8 Å². The summed E-state index contributed by atoms with van der Waals surface area (Å²) in [6.07, 6.45) is 1.08. The van der Waals surface area contributed by atoms with Crippen molar-refractivity contribution in [3.8, 4) is 0 Å². The molecule has 6 atom stereocenters. The van der Waals surface area contributed by atoms with Crippen LogP contribution in [0.15, 0.2) is 24.3 Å². The van der Waals surface area contributed by atoms with Crippen molar-refractivity contribution in [1.82, 2.24) is 10.2 Å². The monoisotopic (exact) mass is 500 g/mol. The molecular weight excluding hydrogens is 460 g/mol. The number of amides is 3. The predicted molar refractivity (Wildman–Crippen MR) is 137 cm³/mol. The molecule has 1 aromatic rings. The fourth-order valence-electron chi connectivity index (χ4n) is 6.75. The first-order valence-electron chi connectivity index (χ1n) is 13.1. The van der Waals surface area contributed by atoms with Gasteiger partial charge < -0.3 is 30.3 Å². The van der Waals surface area contributed by atoms with Crippen molar-refractivity contribution in [1.29, 1.82) is 0 Å². The zero-order valence-electron chi connectivity index (χ0n) is 22.2. The van der Waals surface area contributed by atoms with Gasteiger partial charge in [-0.05, 0) is 63.8 Å². The van der Waals surface area contributed by atoms with Crippen LogP contribution in [0.3, 0.4) is 0 Å². The van der Waals surface area contributed by atoms with Crippen LogP contribution in [0.4, 0.5) is 11.4 Å². The molecule has 3 aliphatic rings. The van der Waals surface area contributed by atoms with Gasteiger partial charge in [0.15, 0.2) is 0 Å². The maximum absolute atomic E-state index is 14.0. The molecule has 0 radical (unpaired) electrons. The summed E-state index contributed by atoms with van der Waals surface area (Å²) in [7, 11) is 1.55. The van der Waals surface area contributed by atoms with E-state index in [4.69, 9.17) is 4.74 Å². The van der Waals surface area contributed by atoms with E-state index in [1.54, 1.807) is 7.05 Å². The molecule has 3 aliphatic heterocycles. The predicted octanol–water partition coefficient (Wildman–Crippen LogP) is 2.00. The largest absolute Gasteiger partial charge is 0.394 e. The highest BCUT2D eigenvalue weighted by Crippen LogP contribution is 2.63. The second-order valence-corrected chi connectivity index (χ2v) is 10.8. The molecule has 0 aliphatic carbocycles. The zero-order valence-corrected chi connectivity index (χ0v) is 22.2. The lowest BCUT2D eigenvalue weighted by Crippen LogP contribution is -2.57. The molecule has 4 rings (SSSR count). The summed E-state index contributed by atoms with van der Waals surface area (Å²) < 4.78 is 6.56. The third-order valence-electron chi connectivity index (χ3n) is 8.57. The van der Waals surface area contributed by atoms with E-state index in [1.165, 1.54) is 4.90 Å². The minimum absolute atomic E-state index is 0.0935. The fourth-order valence-corrected chi connectivity index (χ4v) is 6.75. The fraction of sp³-hybridized carbons (Fsp3) is 0.667. The molecule has 1 aromatic carbocycles. The van der Waals surface area contributed by atoms with E-state index in [9.17, 15) is 19.5 Å². The van der Waals surface area contributed by atoms with Gasteiger partial charge in [-0.2, -0.15) is 0 Å². The van der Waals surface area contributed by atoms with E-state index in [-0.39, 0.29) is 30.2 Å². The number of hydrogen-bond donors (Lipinski definition) is 3. The second-order valence-electron chi connectivity index (χ2n) is 10.8. The molecule has 0 aromatic heterocycles. The second kappa shape index (κ2) is 9.67. The van der Waals surface area contributed by atoms with Gasteiger partial charge in [-0.15, -0.1) is 0 Å².